The van der Waals surface area contributed by atoms with Crippen molar-refractivity contribution in [2.45, 2.75) is 26.2 Å². The summed E-state index contributed by atoms with van der Waals surface area (Å²) in [4.78, 5) is 19.8. The molecule has 210 valence electrons. The van der Waals surface area contributed by atoms with Crippen molar-refractivity contribution < 1.29 is 14.6 Å². The summed E-state index contributed by atoms with van der Waals surface area (Å²) >= 11 is 1.52. The molecule has 0 bridgehead atoms. The molecule has 0 fully saturated rings. The molecule has 1 amide bonds. The van der Waals surface area contributed by atoms with Gasteiger partial charge in [0.15, 0.2) is 10.9 Å². The molecule has 11 heteroatoms. The topological polar surface area (TPSA) is 167 Å². The Bertz CT molecular complexity index is 1800. The van der Waals surface area contributed by atoms with Crippen LogP contribution in [0.5, 0.6) is 5.75 Å². The van der Waals surface area contributed by atoms with E-state index in [-0.39, 0.29) is 12.4 Å². The van der Waals surface area contributed by atoms with Gasteiger partial charge in [-0.05, 0) is 59.0 Å². The second kappa shape index (κ2) is 11.4. The Hall–Kier alpha value is -5.18. The van der Waals surface area contributed by atoms with E-state index in [0.29, 0.717) is 41.4 Å². The number of nitrogens with zero attached hydrogens (tertiary/aromatic N) is 4. The lowest BCUT2D eigenvalue weighted by atomic mass is 9.95. The normalized spacial score (nSPS) is 12.5. The number of aromatic nitrogens is 3. The SMILES string of the molecule is N#Cc1c(N)n[nH]c1-c1ccc(OCc2ccc(-c3sc(N4CCc5cccc(C(N)=O)c5C4)nc3CO)cc2)cc1. The summed E-state index contributed by atoms with van der Waals surface area (Å²) in [5.74, 6) is 0.429. The molecule has 10 nitrogen and oxygen atoms in total. The van der Waals surface area contributed by atoms with E-state index in [9.17, 15) is 15.2 Å². The quantitative estimate of drug-likeness (QED) is 0.211. The van der Waals surface area contributed by atoms with Crippen molar-refractivity contribution in [1.82, 2.24) is 15.2 Å². The van der Waals surface area contributed by atoms with Gasteiger partial charge in [-0.1, -0.05) is 47.7 Å². The lowest BCUT2D eigenvalue weighted by molar-refractivity contribution is 0.0999. The van der Waals surface area contributed by atoms with Crippen LogP contribution in [0.2, 0.25) is 0 Å². The highest BCUT2D eigenvalue weighted by atomic mass is 32.1. The third-order valence-electron chi connectivity index (χ3n) is 7.32. The highest BCUT2D eigenvalue weighted by Gasteiger charge is 2.24. The number of hydrogen-bond acceptors (Lipinski definition) is 9. The predicted octanol–water partition coefficient (Wildman–Crippen LogP) is 4.39. The Balaban J connectivity index is 1.14. The number of primary amides is 1. The van der Waals surface area contributed by atoms with Crippen molar-refractivity contribution in [1.29, 1.82) is 5.26 Å². The van der Waals surface area contributed by atoms with Crippen molar-refractivity contribution in [3.05, 3.63) is 100 Å². The molecule has 0 spiro atoms. The van der Waals surface area contributed by atoms with Gasteiger partial charge in [-0.3, -0.25) is 9.89 Å². The van der Waals surface area contributed by atoms with Gasteiger partial charge in [0.05, 0.1) is 22.9 Å². The Labute approximate surface area is 245 Å². The molecule has 2 aromatic heterocycles. The number of H-pyrrole nitrogens is 1. The second-order valence-electron chi connectivity index (χ2n) is 9.89. The zero-order chi connectivity index (χ0) is 29.2. The number of benzene rings is 3. The van der Waals surface area contributed by atoms with Crippen LogP contribution in [0.25, 0.3) is 21.7 Å². The summed E-state index contributed by atoms with van der Waals surface area (Å²) in [6.45, 7) is 1.50. The summed E-state index contributed by atoms with van der Waals surface area (Å²) in [6.07, 6.45) is 0.788. The number of nitrogens with one attached hydrogen (secondary N) is 1. The van der Waals surface area contributed by atoms with Crippen LogP contribution in [-0.4, -0.2) is 32.7 Å². The second-order valence-corrected chi connectivity index (χ2v) is 10.9. The molecule has 0 saturated heterocycles. The minimum atomic E-state index is -0.431. The van der Waals surface area contributed by atoms with Crippen LogP contribution >= 0.6 is 11.3 Å². The van der Waals surface area contributed by atoms with Gasteiger partial charge in [-0.25, -0.2) is 4.98 Å². The van der Waals surface area contributed by atoms with Gasteiger partial charge >= 0.3 is 0 Å². The molecule has 3 aromatic carbocycles. The Morgan fingerprint density at radius 2 is 1.88 bits per heavy atom. The summed E-state index contributed by atoms with van der Waals surface area (Å²) in [5, 5.41) is 26.9. The molecule has 1 aliphatic heterocycles. The van der Waals surface area contributed by atoms with E-state index in [4.69, 9.17) is 21.2 Å². The fraction of sp³-hybridized carbons (Fsp3) is 0.161. The zero-order valence-electron chi connectivity index (χ0n) is 22.5. The van der Waals surface area contributed by atoms with Gasteiger partial charge in [-0.2, -0.15) is 10.4 Å². The molecule has 0 radical (unpaired) electrons. The first-order valence-corrected chi connectivity index (χ1v) is 14.1. The molecule has 5 aromatic rings. The number of aromatic amines is 1. The number of amides is 1. The molecule has 0 saturated carbocycles. The van der Waals surface area contributed by atoms with Crippen molar-refractivity contribution >= 4 is 28.2 Å². The van der Waals surface area contributed by atoms with Gasteiger partial charge in [0.2, 0.25) is 5.91 Å². The van der Waals surface area contributed by atoms with E-state index in [0.717, 1.165) is 50.8 Å². The maximum atomic E-state index is 12.0. The average molecular weight is 578 g/mol. The maximum absolute atomic E-state index is 12.0. The number of ether oxygens (including phenoxy) is 1. The number of aliphatic hydroxyl groups excluding tert-OH is 1. The van der Waals surface area contributed by atoms with Crippen molar-refractivity contribution in [2.24, 2.45) is 5.73 Å². The lowest BCUT2D eigenvalue weighted by Gasteiger charge is -2.29. The summed E-state index contributed by atoms with van der Waals surface area (Å²) in [5.41, 5.74) is 18.2. The number of carbonyl (C=O) groups excluding carboxylic acids is 1. The first-order chi connectivity index (χ1) is 20.4. The largest absolute Gasteiger partial charge is 0.489 e. The number of fused-ring (bicyclic) bond motifs is 1. The number of nitrogens with two attached hydrogens (primary N) is 2. The van der Waals surface area contributed by atoms with E-state index in [2.05, 4.69) is 21.2 Å². The van der Waals surface area contributed by atoms with Crippen molar-refractivity contribution in [3.63, 3.8) is 0 Å². The molecule has 42 heavy (non-hydrogen) atoms. The Morgan fingerprint density at radius 3 is 2.60 bits per heavy atom. The van der Waals surface area contributed by atoms with Gasteiger partial charge in [-0.15, -0.1) is 0 Å². The predicted molar refractivity (Wildman–Crippen MR) is 161 cm³/mol. The van der Waals surface area contributed by atoms with Crippen LogP contribution in [0.4, 0.5) is 10.9 Å². The number of aliphatic hydroxyl groups is 1. The third-order valence-corrected chi connectivity index (χ3v) is 8.52. The molecule has 0 atom stereocenters. The molecule has 6 N–H and O–H groups in total. The van der Waals surface area contributed by atoms with E-state index in [1.165, 1.54) is 11.3 Å². The number of anilines is 2. The summed E-state index contributed by atoms with van der Waals surface area (Å²) in [6, 6.07) is 23.1. The van der Waals surface area contributed by atoms with E-state index < -0.39 is 5.91 Å². The highest BCUT2D eigenvalue weighted by Crippen LogP contribution is 2.37. The smallest absolute Gasteiger partial charge is 0.249 e. The number of nitrogen functional groups attached to an aromatic ring is 1. The molecule has 0 unspecified atom stereocenters. The number of nitriles is 1. The van der Waals surface area contributed by atoms with Gasteiger partial charge in [0.1, 0.15) is 24.0 Å². The first kappa shape index (κ1) is 27.0. The van der Waals surface area contributed by atoms with E-state index in [1.54, 1.807) is 6.07 Å². The average Bonchev–Trinajstić information content (AvgIpc) is 3.63. The van der Waals surface area contributed by atoms with Crippen LogP contribution in [0, 0.1) is 11.3 Å². The van der Waals surface area contributed by atoms with Crippen LogP contribution in [0.1, 0.15) is 38.3 Å². The fourth-order valence-electron chi connectivity index (χ4n) is 5.10. The zero-order valence-corrected chi connectivity index (χ0v) is 23.3. The number of hydrogen-bond donors (Lipinski definition) is 4. The minimum absolute atomic E-state index is 0.174. The number of carbonyl (C=O) groups is 1. The maximum Gasteiger partial charge on any atom is 0.249 e. The first-order valence-electron chi connectivity index (χ1n) is 13.3. The van der Waals surface area contributed by atoms with Crippen LogP contribution in [-0.2, 0) is 26.2 Å². The third kappa shape index (κ3) is 5.16. The minimum Gasteiger partial charge on any atom is -0.489 e. The van der Waals surface area contributed by atoms with Gasteiger partial charge in [0.25, 0.3) is 0 Å². The fourth-order valence-corrected chi connectivity index (χ4v) is 6.20. The Morgan fingerprint density at radius 1 is 1.12 bits per heavy atom. The molecule has 3 heterocycles. The molecular weight excluding hydrogens is 550 g/mol. The van der Waals surface area contributed by atoms with Gasteiger partial charge in [0, 0.05) is 24.2 Å². The molecule has 0 aliphatic carbocycles. The van der Waals surface area contributed by atoms with Gasteiger partial charge < -0.3 is 26.2 Å². The van der Waals surface area contributed by atoms with Crippen LogP contribution in [0.3, 0.4) is 0 Å². The summed E-state index contributed by atoms with van der Waals surface area (Å²) in [7, 11) is 0. The number of rotatable bonds is 8. The molecule has 6 rings (SSSR count). The lowest BCUT2D eigenvalue weighted by Crippen LogP contribution is -2.32. The molecule has 1 aliphatic rings. The highest BCUT2D eigenvalue weighted by molar-refractivity contribution is 7.19. The summed E-state index contributed by atoms with van der Waals surface area (Å²) < 4.78 is 5.97. The Kier molecular flexibility index (Phi) is 7.31. The van der Waals surface area contributed by atoms with Crippen LogP contribution in [0.15, 0.2) is 66.7 Å². The van der Waals surface area contributed by atoms with Crippen molar-refractivity contribution in [3.8, 4) is 33.5 Å². The standard InChI is InChI=1S/C31H27N7O3S/c32-14-24-27(36-37-29(24)33)20-8-10-22(11-9-20)41-17-18-4-6-21(7-5-18)28-26(16-39)35-31(42-28)38-13-12-19-2-1-3-23(30(34)40)25(19)15-38/h1-11,39H,12-13,15-17H2,(H2,34,40)(H3,33,36,37). The van der Waals surface area contributed by atoms with Crippen molar-refractivity contribution in [2.75, 3.05) is 17.2 Å². The molecular formula is C31H27N7O3S. The monoisotopic (exact) mass is 577 g/mol. The van der Waals surface area contributed by atoms with Crippen LogP contribution < -0.4 is 21.1 Å². The van der Waals surface area contributed by atoms with E-state index >= 15 is 0 Å². The number of thiazole rings is 1. The van der Waals surface area contributed by atoms with E-state index in [1.807, 2.05) is 60.7 Å².